The van der Waals surface area contributed by atoms with E-state index in [1.165, 1.54) is 11.1 Å². The quantitative estimate of drug-likeness (QED) is 0.906. The van der Waals surface area contributed by atoms with Crippen molar-refractivity contribution in [3.63, 3.8) is 0 Å². The number of ether oxygens (including phenoxy) is 1. The van der Waals surface area contributed by atoms with E-state index in [0.29, 0.717) is 17.9 Å². The van der Waals surface area contributed by atoms with Crippen LogP contribution in [-0.4, -0.2) is 7.11 Å². The normalized spacial score (nSPS) is 9.74. The number of anilines is 1. The van der Waals surface area contributed by atoms with E-state index in [1.807, 2.05) is 12.1 Å². The molecule has 0 saturated carbocycles. The number of aryl methyl sites for hydroxylation is 1. The fourth-order valence-electron chi connectivity index (χ4n) is 1.87. The topological polar surface area (TPSA) is 45.0 Å². The van der Waals surface area contributed by atoms with Gasteiger partial charge in [-0.15, -0.1) is 0 Å². The first-order chi connectivity index (χ1) is 9.24. The highest BCUT2D eigenvalue weighted by Crippen LogP contribution is 2.28. The highest BCUT2D eigenvalue weighted by molar-refractivity contribution is 5.66. The highest BCUT2D eigenvalue weighted by Gasteiger charge is 2.08. The Hall–Kier alpha value is -2.47. The van der Waals surface area contributed by atoms with Crippen LogP contribution in [0.25, 0.3) is 0 Å². The number of nitrogens with zero attached hydrogens (tertiary/aromatic N) is 1. The van der Waals surface area contributed by atoms with Crippen molar-refractivity contribution >= 4 is 5.69 Å². The van der Waals surface area contributed by atoms with Crippen molar-refractivity contribution in [3.8, 4) is 11.8 Å². The molecule has 0 spiro atoms. The first-order valence-electron chi connectivity index (χ1n) is 6.11. The lowest BCUT2D eigenvalue weighted by atomic mass is 10.1. The number of para-hydroxylation sites is 1. The van der Waals surface area contributed by atoms with Crippen LogP contribution in [0.2, 0.25) is 0 Å². The maximum Gasteiger partial charge on any atom is 0.143 e. The third-order valence-corrected chi connectivity index (χ3v) is 2.96. The molecule has 0 aliphatic rings. The predicted molar refractivity (Wildman–Crippen MR) is 76.2 cm³/mol. The average Bonchev–Trinajstić information content (AvgIpc) is 2.46. The zero-order valence-electron chi connectivity index (χ0n) is 11.1. The third-order valence-electron chi connectivity index (χ3n) is 2.96. The smallest absolute Gasteiger partial charge is 0.143 e. The van der Waals surface area contributed by atoms with Gasteiger partial charge in [0.05, 0.1) is 18.4 Å². The summed E-state index contributed by atoms with van der Waals surface area (Å²) in [6, 6.07) is 15.9. The number of benzene rings is 2. The Morgan fingerprint density at radius 2 is 1.89 bits per heavy atom. The molecule has 0 aliphatic carbocycles. The summed E-state index contributed by atoms with van der Waals surface area (Å²) in [5.41, 5.74) is 3.73. The van der Waals surface area contributed by atoms with E-state index in [2.05, 4.69) is 42.6 Å². The van der Waals surface area contributed by atoms with Crippen molar-refractivity contribution in [2.45, 2.75) is 13.5 Å². The maximum absolute atomic E-state index is 9.13. The van der Waals surface area contributed by atoms with E-state index >= 15 is 0 Å². The zero-order chi connectivity index (χ0) is 13.7. The van der Waals surface area contributed by atoms with Gasteiger partial charge in [-0.25, -0.2) is 0 Å². The molecular weight excluding hydrogens is 236 g/mol. The Morgan fingerprint density at radius 3 is 2.53 bits per heavy atom. The maximum atomic E-state index is 9.13. The second-order valence-electron chi connectivity index (χ2n) is 4.33. The summed E-state index contributed by atoms with van der Waals surface area (Å²) in [5.74, 6) is 0.686. The van der Waals surface area contributed by atoms with E-state index in [9.17, 15) is 0 Å². The molecule has 0 bridgehead atoms. The first kappa shape index (κ1) is 13.0. The van der Waals surface area contributed by atoms with Gasteiger partial charge in [0, 0.05) is 6.54 Å². The lowest BCUT2D eigenvalue weighted by molar-refractivity contribution is 0.416. The van der Waals surface area contributed by atoms with Crippen molar-refractivity contribution < 1.29 is 4.74 Å². The minimum Gasteiger partial charge on any atom is -0.495 e. The molecular formula is C16H16N2O. The van der Waals surface area contributed by atoms with Gasteiger partial charge >= 0.3 is 0 Å². The molecule has 2 aromatic rings. The van der Waals surface area contributed by atoms with Crippen LogP contribution < -0.4 is 10.1 Å². The predicted octanol–water partition coefficient (Wildman–Crippen LogP) is 3.49. The summed E-state index contributed by atoms with van der Waals surface area (Å²) >= 11 is 0. The van der Waals surface area contributed by atoms with Gasteiger partial charge in [0.2, 0.25) is 0 Å². The molecule has 3 heteroatoms. The Kier molecular flexibility index (Phi) is 4.04. The minimum absolute atomic E-state index is 0.589. The van der Waals surface area contributed by atoms with E-state index < -0.39 is 0 Å². The monoisotopic (exact) mass is 252 g/mol. The summed E-state index contributed by atoms with van der Waals surface area (Å²) < 4.78 is 5.28. The lowest BCUT2D eigenvalue weighted by Crippen LogP contribution is -2.03. The Morgan fingerprint density at radius 1 is 1.16 bits per heavy atom. The van der Waals surface area contributed by atoms with Crippen LogP contribution in [0.15, 0.2) is 42.5 Å². The molecule has 2 aromatic carbocycles. The molecule has 3 nitrogen and oxygen atoms in total. The zero-order valence-corrected chi connectivity index (χ0v) is 11.1. The molecule has 19 heavy (non-hydrogen) atoms. The van der Waals surface area contributed by atoms with Gasteiger partial charge in [0.1, 0.15) is 11.8 Å². The molecule has 0 heterocycles. The molecule has 0 unspecified atom stereocenters. The van der Waals surface area contributed by atoms with Crippen LogP contribution in [-0.2, 0) is 6.54 Å². The molecule has 96 valence electrons. The number of hydrogen-bond donors (Lipinski definition) is 1. The molecule has 0 aromatic heterocycles. The molecule has 0 saturated heterocycles. The van der Waals surface area contributed by atoms with Crippen molar-refractivity contribution in [2.75, 3.05) is 12.4 Å². The second kappa shape index (κ2) is 5.92. The fraction of sp³-hybridized carbons (Fsp3) is 0.188. The van der Waals surface area contributed by atoms with Gasteiger partial charge in [-0.1, -0.05) is 35.9 Å². The van der Waals surface area contributed by atoms with Gasteiger partial charge in [-0.3, -0.25) is 0 Å². The third kappa shape index (κ3) is 3.05. The molecule has 0 radical (unpaired) electrons. The summed E-state index contributed by atoms with van der Waals surface area (Å²) in [4.78, 5) is 0. The van der Waals surface area contributed by atoms with Crippen LogP contribution in [0.1, 0.15) is 16.7 Å². The van der Waals surface area contributed by atoms with E-state index in [4.69, 9.17) is 10.00 Å². The summed E-state index contributed by atoms with van der Waals surface area (Å²) in [5, 5.41) is 12.4. The van der Waals surface area contributed by atoms with E-state index in [1.54, 1.807) is 13.2 Å². The van der Waals surface area contributed by atoms with Crippen LogP contribution in [0.4, 0.5) is 5.69 Å². The van der Waals surface area contributed by atoms with E-state index in [-0.39, 0.29) is 0 Å². The van der Waals surface area contributed by atoms with Gasteiger partial charge in [-0.05, 0) is 24.6 Å². The Bertz CT molecular complexity index is 597. The van der Waals surface area contributed by atoms with Crippen molar-refractivity contribution in [3.05, 3.63) is 59.2 Å². The minimum atomic E-state index is 0.589. The molecule has 0 amide bonds. The number of nitrogens with one attached hydrogen (secondary N) is 1. The molecule has 1 N–H and O–H groups in total. The number of hydrogen-bond acceptors (Lipinski definition) is 3. The van der Waals surface area contributed by atoms with Crippen molar-refractivity contribution in [2.24, 2.45) is 0 Å². The molecule has 0 atom stereocenters. The standard InChI is InChI=1S/C16H16N2O/c1-12-6-8-13(9-7-12)11-18-16-14(10-17)4-3-5-15(16)19-2/h3-9,18H,11H2,1-2H3. The van der Waals surface area contributed by atoms with Crippen LogP contribution in [0.5, 0.6) is 5.75 Å². The van der Waals surface area contributed by atoms with Gasteiger partial charge < -0.3 is 10.1 Å². The average molecular weight is 252 g/mol. The van der Waals surface area contributed by atoms with Crippen molar-refractivity contribution in [1.29, 1.82) is 5.26 Å². The number of nitriles is 1. The second-order valence-corrected chi connectivity index (χ2v) is 4.33. The highest BCUT2D eigenvalue weighted by atomic mass is 16.5. The number of rotatable bonds is 4. The molecule has 2 rings (SSSR count). The Balaban J connectivity index is 2.19. The fourth-order valence-corrected chi connectivity index (χ4v) is 1.87. The van der Waals surface area contributed by atoms with Gasteiger partial charge in [-0.2, -0.15) is 5.26 Å². The summed E-state index contributed by atoms with van der Waals surface area (Å²) in [6.45, 7) is 2.72. The first-order valence-corrected chi connectivity index (χ1v) is 6.11. The SMILES string of the molecule is COc1cccc(C#N)c1NCc1ccc(C)cc1. The van der Waals surface area contributed by atoms with Crippen molar-refractivity contribution in [1.82, 2.24) is 0 Å². The summed E-state index contributed by atoms with van der Waals surface area (Å²) in [6.07, 6.45) is 0. The molecule has 0 fully saturated rings. The van der Waals surface area contributed by atoms with Crippen LogP contribution >= 0.6 is 0 Å². The Labute approximate surface area is 113 Å². The van der Waals surface area contributed by atoms with Gasteiger partial charge in [0.15, 0.2) is 0 Å². The van der Waals surface area contributed by atoms with Gasteiger partial charge in [0.25, 0.3) is 0 Å². The van der Waals surface area contributed by atoms with Crippen LogP contribution in [0, 0.1) is 18.3 Å². The summed E-state index contributed by atoms with van der Waals surface area (Å²) in [7, 11) is 1.60. The number of methoxy groups -OCH3 is 1. The van der Waals surface area contributed by atoms with E-state index in [0.717, 1.165) is 5.69 Å². The van der Waals surface area contributed by atoms with Crippen LogP contribution in [0.3, 0.4) is 0 Å². The lowest BCUT2D eigenvalue weighted by Gasteiger charge is -2.12. The largest absolute Gasteiger partial charge is 0.495 e. The molecule has 0 aliphatic heterocycles.